The van der Waals surface area contributed by atoms with Gasteiger partial charge in [-0.05, 0) is 74.1 Å². The number of hydrogen-bond acceptors (Lipinski definition) is 1. The lowest BCUT2D eigenvalue weighted by Gasteiger charge is -2.28. The first-order valence-corrected chi connectivity index (χ1v) is 6.91. The molecule has 106 valence electrons. The summed E-state index contributed by atoms with van der Waals surface area (Å²) < 4.78 is 13.3. The van der Waals surface area contributed by atoms with E-state index in [0.29, 0.717) is 6.42 Å². The van der Waals surface area contributed by atoms with Crippen molar-refractivity contribution in [3.05, 3.63) is 70.0 Å². The van der Waals surface area contributed by atoms with E-state index in [0.717, 1.165) is 11.1 Å². The van der Waals surface area contributed by atoms with E-state index in [1.165, 1.54) is 22.8 Å². The molecule has 0 aliphatic heterocycles. The molecule has 0 radical (unpaired) electrons. The summed E-state index contributed by atoms with van der Waals surface area (Å²) in [7, 11) is 0. The van der Waals surface area contributed by atoms with Crippen LogP contribution in [0.5, 0.6) is 0 Å². The Balaban J connectivity index is 2.37. The highest BCUT2D eigenvalue weighted by molar-refractivity contribution is 5.41. The van der Waals surface area contributed by atoms with Crippen molar-refractivity contribution in [1.82, 2.24) is 0 Å². The highest BCUT2D eigenvalue weighted by Crippen LogP contribution is 2.28. The minimum Gasteiger partial charge on any atom is -0.321 e. The van der Waals surface area contributed by atoms with E-state index >= 15 is 0 Å². The van der Waals surface area contributed by atoms with Crippen molar-refractivity contribution in [2.75, 3.05) is 0 Å². The lowest BCUT2D eigenvalue weighted by molar-refractivity contribution is 0.486. The van der Waals surface area contributed by atoms with Crippen LogP contribution in [0.15, 0.2) is 36.4 Å². The Labute approximate surface area is 120 Å². The Hall–Kier alpha value is -1.67. The van der Waals surface area contributed by atoms with Gasteiger partial charge in [-0.15, -0.1) is 0 Å². The average molecular weight is 271 g/mol. The number of aryl methyl sites for hydroxylation is 3. The van der Waals surface area contributed by atoms with Gasteiger partial charge in [-0.25, -0.2) is 4.39 Å². The van der Waals surface area contributed by atoms with E-state index in [1.807, 2.05) is 13.0 Å². The van der Waals surface area contributed by atoms with E-state index in [9.17, 15) is 4.39 Å². The molecule has 0 aliphatic carbocycles. The number of rotatable bonds is 3. The third-order valence-corrected chi connectivity index (χ3v) is 3.92. The Morgan fingerprint density at radius 1 is 1.00 bits per heavy atom. The van der Waals surface area contributed by atoms with Crippen LogP contribution < -0.4 is 5.73 Å². The van der Waals surface area contributed by atoms with E-state index < -0.39 is 5.54 Å². The molecule has 2 heteroatoms. The molecule has 20 heavy (non-hydrogen) atoms. The van der Waals surface area contributed by atoms with Crippen LogP contribution in [0, 0.1) is 26.6 Å². The SMILES string of the molecule is Cc1cc(C)c(C(C)(N)Cc2cccc(F)c2)cc1C. The molecule has 0 saturated carbocycles. The van der Waals surface area contributed by atoms with Crippen LogP contribution in [-0.2, 0) is 12.0 Å². The van der Waals surface area contributed by atoms with Gasteiger partial charge < -0.3 is 5.73 Å². The van der Waals surface area contributed by atoms with Crippen LogP contribution in [-0.4, -0.2) is 0 Å². The zero-order valence-electron chi connectivity index (χ0n) is 12.6. The summed E-state index contributed by atoms with van der Waals surface area (Å²) in [4.78, 5) is 0. The Kier molecular flexibility index (Phi) is 3.96. The number of halogens is 1. The summed E-state index contributed by atoms with van der Waals surface area (Å²) in [6, 6.07) is 11.0. The third kappa shape index (κ3) is 3.07. The van der Waals surface area contributed by atoms with Crippen LogP contribution >= 0.6 is 0 Å². The van der Waals surface area contributed by atoms with E-state index in [-0.39, 0.29) is 5.82 Å². The molecule has 0 spiro atoms. The smallest absolute Gasteiger partial charge is 0.123 e. The topological polar surface area (TPSA) is 26.0 Å². The van der Waals surface area contributed by atoms with Crippen LogP contribution in [0.1, 0.15) is 34.7 Å². The van der Waals surface area contributed by atoms with E-state index in [4.69, 9.17) is 5.73 Å². The number of hydrogen-bond donors (Lipinski definition) is 1. The maximum absolute atomic E-state index is 13.3. The van der Waals surface area contributed by atoms with Gasteiger partial charge in [0.1, 0.15) is 5.82 Å². The summed E-state index contributed by atoms with van der Waals surface area (Å²) in [6.45, 7) is 8.29. The molecule has 2 aromatic carbocycles. The minimum atomic E-state index is -0.504. The quantitative estimate of drug-likeness (QED) is 0.891. The highest BCUT2D eigenvalue weighted by atomic mass is 19.1. The fraction of sp³-hybridized carbons (Fsp3) is 0.333. The standard InChI is InChI=1S/C18H22FN/c1-12-8-14(3)17(9-13(12)2)18(4,20)11-15-6-5-7-16(19)10-15/h5-10H,11,20H2,1-4H3. The molecule has 0 amide bonds. The molecule has 2 aromatic rings. The van der Waals surface area contributed by atoms with Crippen LogP contribution in [0.4, 0.5) is 4.39 Å². The molecule has 2 N–H and O–H groups in total. The van der Waals surface area contributed by atoms with Crippen molar-refractivity contribution in [2.24, 2.45) is 5.73 Å². The van der Waals surface area contributed by atoms with Crippen LogP contribution in [0.2, 0.25) is 0 Å². The molecule has 1 unspecified atom stereocenters. The van der Waals surface area contributed by atoms with Gasteiger partial charge in [0.2, 0.25) is 0 Å². The normalized spacial score (nSPS) is 14.1. The zero-order valence-corrected chi connectivity index (χ0v) is 12.6. The molecule has 0 saturated heterocycles. The number of nitrogens with two attached hydrogens (primary N) is 1. The van der Waals surface area contributed by atoms with Crippen molar-refractivity contribution in [3.63, 3.8) is 0 Å². The largest absolute Gasteiger partial charge is 0.321 e. The monoisotopic (exact) mass is 271 g/mol. The predicted molar refractivity (Wildman–Crippen MR) is 82.3 cm³/mol. The highest BCUT2D eigenvalue weighted by Gasteiger charge is 2.24. The molecule has 0 aliphatic rings. The van der Waals surface area contributed by atoms with E-state index in [1.54, 1.807) is 12.1 Å². The zero-order chi connectivity index (χ0) is 14.9. The molecule has 0 aromatic heterocycles. The first kappa shape index (κ1) is 14.7. The summed E-state index contributed by atoms with van der Waals surface area (Å²) in [5, 5.41) is 0. The van der Waals surface area contributed by atoms with Crippen molar-refractivity contribution >= 4 is 0 Å². The summed E-state index contributed by atoms with van der Waals surface area (Å²) >= 11 is 0. The number of benzene rings is 2. The third-order valence-electron chi connectivity index (χ3n) is 3.92. The Bertz CT molecular complexity index is 629. The van der Waals surface area contributed by atoms with Gasteiger partial charge in [0.15, 0.2) is 0 Å². The molecule has 0 bridgehead atoms. The van der Waals surface area contributed by atoms with Gasteiger partial charge in [0, 0.05) is 5.54 Å². The first-order valence-electron chi connectivity index (χ1n) is 6.91. The lowest BCUT2D eigenvalue weighted by atomic mass is 9.82. The van der Waals surface area contributed by atoms with Crippen molar-refractivity contribution < 1.29 is 4.39 Å². The lowest BCUT2D eigenvalue weighted by Crippen LogP contribution is -2.36. The van der Waals surface area contributed by atoms with E-state index in [2.05, 4.69) is 32.9 Å². The van der Waals surface area contributed by atoms with Crippen molar-refractivity contribution in [1.29, 1.82) is 0 Å². The van der Waals surface area contributed by atoms with Crippen molar-refractivity contribution in [2.45, 2.75) is 39.7 Å². The first-order chi connectivity index (χ1) is 9.29. The van der Waals surface area contributed by atoms with Gasteiger partial charge >= 0.3 is 0 Å². The summed E-state index contributed by atoms with van der Waals surface area (Å²) in [5.74, 6) is -0.213. The Morgan fingerprint density at radius 2 is 1.65 bits per heavy atom. The fourth-order valence-electron chi connectivity index (χ4n) is 2.74. The van der Waals surface area contributed by atoms with Gasteiger partial charge in [0.05, 0.1) is 0 Å². The molecule has 2 rings (SSSR count). The Morgan fingerprint density at radius 3 is 2.30 bits per heavy atom. The van der Waals surface area contributed by atoms with Gasteiger partial charge in [-0.2, -0.15) is 0 Å². The molecule has 1 atom stereocenters. The van der Waals surface area contributed by atoms with Gasteiger partial charge in [-0.1, -0.05) is 24.3 Å². The van der Waals surface area contributed by atoms with Gasteiger partial charge in [0.25, 0.3) is 0 Å². The second kappa shape index (κ2) is 5.37. The fourth-order valence-corrected chi connectivity index (χ4v) is 2.74. The molecular formula is C18H22FN. The summed E-state index contributed by atoms with van der Waals surface area (Å²) in [6.07, 6.45) is 0.619. The maximum atomic E-state index is 13.3. The molecule has 1 nitrogen and oxygen atoms in total. The van der Waals surface area contributed by atoms with Crippen LogP contribution in [0.3, 0.4) is 0 Å². The maximum Gasteiger partial charge on any atom is 0.123 e. The molecule has 0 fully saturated rings. The predicted octanol–water partition coefficient (Wildman–Crippen LogP) is 4.17. The minimum absolute atomic E-state index is 0.213. The molecule has 0 heterocycles. The second-order valence-corrected chi connectivity index (χ2v) is 5.98. The van der Waals surface area contributed by atoms with Gasteiger partial charge in [-0.3, -0.25) is 0 Å². The molecular weight excluding hydrogens is 249 g/mol. The average Bonchev–Trinajstić information content (AvgIpc) is 2.33. The van der Waals surface area contributed by atoms with Crippen molar-refractivity contribution in [3.8, 4) is 0 Å². The van der Waals surface area contributed by atoms with Crippen LogP contribution in [0.25, 0.3) is 0 Å². The summed E-state index contributed by atoms with van der Waals surface area (Å²) in [5.41, 5.74) is 11.8. The second-order valence-electron chi connectivity index (χ2n) is 5.98.